The van der Waals surface area contributed by atoms with Gasteiger partial charge in [-0.25, -0.2) is 0 Å². The fourth-order valence-electron chi connectivity index (χ4n) is 2.97. The maximum Gasteiger partial charge on any atom is 0.225 e. The third-order valence-electron chi connectivity index (χ3n) is 4.41. The third kappa shape index (κ3) is 3.91. The van der Waals surface area contributed by atoms with Crippen LogP contribution in [0.1, 0.15) is 17.7 Å². The van der Waals surface area contributed by atoms with E-state index in [0.717, 1.165) is 12.2 Å². The molecule has 132 valence electrons. The van der Waals surface area contributed by atoms with Gasteiger partial charge >= 0.3 is 0 Å². The van der Waals surface area contributed by atoms with Crippen molar-refractivity contribution in [3.8, 4) is 0 Å². The monoisotopic (exact) mass is 340 g/mol. The number of fused-ring (bicyclic) bond motifs is 1. The zero-order chi connectivity index (χ0) is 17.8. The first-order valence-electron chi connectivity index (χ1n) is 8.44. The summed E-state index contributed by atoms with van der Waals surface area (Å²) in [6.45, 7) is 3.42. The second-order valence-electron chi connectivity index (χ2n) is 6.20. The fraction of sp³-hybridized carbons (Fsp3) is 0.368. The maximum absolute atomic E-state index is 12.2. The van der Waals surface area contributed by atoms with Crippen LogP contribution in [-0.2, 0) is 29.5 Å². The highest BCUT2D eigenvalue weighted by molar-refractivity contribution is 5.91. The molecule has 25 heavy (non-hydrogen) atoms. The molecular weight excluding hydrogens is 316 g/mol. The SMILES string of the molecule is COCCn1cc(CCC(=O)Nc2cc(C)n(C)n2)c2ccccc21. The molecule has 0 fully saturated rings. The first-order chi connectivity index (χ1) is 12.1. The van der Waals surface area contributed by atoms with Gasteiger partial charge in [0.2, 0.25) is 5.91 Å². The van der Waals surface area contributed by atoms with Crippen LogP contribution in [0, 0.1) is 6.92 Å². The normalized spacial score (nSPS) is 11.2. The number of carbonyl (C=O) groups excluding carboxylic acids is 1. The van der Waals surface area contributed by atoms with Gasteiger partial charge in [-0.2, -0.15) is 5.10 Å². The van der Waals surface area contributed by atoms with Crippen molar-refractivity contribution in [1.82, 2.24) is 14.3 Å². The van der Waals surface area contributed by atoms with Gasteiger partial charge in [0.15, 0.2) is 5.82 Å². The molecular formula is C19H24N4O2. The molecule has 0 aliphatic rings. The molecule has 0 bridgehead atoms. The molecule has 0 radical (unpaired) electrons. The summed E-state index contributed by atoms with van der Waals surface area (Å²) in [5.74, 6) is 0.583. The van der Waals surface area contributed by atoms with E-state index >= 15 is 0 Å². The lowest BCUT2D eigenvalue weighted by Gasteiger charge is -2.03. The molecule has 0 saturated heterocycles. The molecule has 6 heteroatoms. The van der Waals surface area contributed by atoms with Gasteiger partial charge in [0.25, 0.3) is 0 Å². The van der Waals surface area contributed by atoms with E-state index in [2.05, 4.69) is 33.3 Å². The van der Waals surface area contributed by atoms with E-state index in [0.29, 0.717) is 25.3 Å². The van der Waals surface area contributed by atoms with Crippen molar-refractivity contribution < 1.29 is 9.53 Å². The van der Waals surface area contributed by atoms with Crippen molar-refractivity contribution in [2.75, 3.05) is 19.0 Å². The first-order valence-corrected chi connectivity index (χ1v) is 8.44. The summed E-state index contributed by atoms with van der Waals surface area (Å²) in [6.07, 6.45) is 3.24. The second kappa shape index (κ2) is 7.53. The highest BCUT2D eigenvalue weighted by atomic mass is 16.5. The van der Waals surface area contributed by atoms with Gasteiger partial charge in [-0.15, -0.1) is 0 Å². The lowest BCUT2D eigenvalue weighted by atomic mass is 10.1. The predicted octanol–water partition coefficient (Wildman–Crippen LogP) is 2.90. The first kappa shape index (κ1) is 17.2. The smallest absolute Gasteiger partial charge is 0.225 e. The number of nitrogens with zero attached hydrogens (tertiary/aromatic N) is 3. The molecule has 0 aliphatic carbocycles. The van der Waals surface area contributed by atoms with E-state index in [9.17, 15) is 4.79 Å². The Morgan fingerprint density at radius 3 is 2.84 bits per heavy atom. The second-order valence-corrected chi connectivity index (χ2v) is 6.20. The fourth-order valence-corrected chi connectivity index (χ4v) is 2.97. The number of carbonyl (C=O) groups is 1. The highest BCUT2D eigenvalue weighted by Gasteiger charge is 2.11. The minimum atomic E-state index is -0.0215. The van der Waals surface area contributed by atoms with Crippen LogP contribution in [0.4, 0.5) is 5.82 Å². The summed E-state index contributed by atoms with van der Waals surface area (Å²) >= 11 is 0. The van der Waals surface area contributed by atoms with Crippen LogP contribution in [0.15, 0.2) is 36.5 Å². The number of aromatic nitrogens is 3. The molecule has 1 aromatic carbocycles. The minimum Gasteiger partial charge on any atom is -0.383 e. The summed E-state index contributed by atoms with van der Waals surface area (Å²) in [4.78, 5) is 12.2. The van der Waals surface area contributed by atoms with Crippen molar-refractivity contribution in [3.05, 3.63) is 47.8 Å². The van der Waals surface area contributed by atoms with Crippen LogP contribution in [0.2, 0.25) is 0 Å². The topological polar surface area (TPSA) is 61.1 Å². The maximum atomic E-state index is 12.2. The number of methoxy groups -OCH3 is 1. The van der Waals surface area contributed by atoms with Crippen molar-refractivity contribution in [1.29, 1.82) is 0 Å². The zero-order valence-corrected chi connectivity index (χ0v) is 15.0. The molecule has 0 unspecified atom stereocenters. The van der Waals surface area contributed by atoms with E-state index in [1.165, 1.54) is 16.5 Å². The van der Waals surface area contributed by atoms with E-state index < -0.39 is 0 Å². The van der Waals surface area contributed by atoms with Crippen molar-refractivity contribution >= 4 is 22.6 Å². The molecule has 0 aliphatic heterocycles. The summed E-state index contributed by atoms with van der Waals surface area (Å²) < 4.78 is 9.12. The Kier molecular flexibility index (Phi) is 5.19. The number of anilines is 1. The zero-order valence-electron chi connectivity index (χ0n) is 15.0. The Morgan fingerprint density at radius 1 is 1.32 bits per heavy atom. The molecule has 6 nitrogen and oxygen atoms in total. The largest absolute Gasteiger partial charge is 0.383 e. The number of aryl methyl sites for hydroxylation is 3. The highest BCUT2D eigenvalue weighted by Crippen LogP contribution is 2.22. The lowest BCUT2D eigenvalue weighted by molar-refractivity contribution is -0.116. The molecule has 0 spiro atoms. The molecule has 0 atom stereocenters. The number of rotatable bonds is 7. The average Bonchev–Trinajstić information content (AvgIpc) is 3.11. The van der Waals surface area contributed by atoms with E-state index in [1.54, 1.807) is 11.8 Å². The summed E-state index contributed by atoms with van der Waals surface area (Å²) in [5.41, 5.74) is 3.37. The van der Waals surface area contributed by atoms with Crippen LogP contribution in [0.3, 0.4) is 0 Å². The van der Waals surface area contributed by atoms with E-state index in [4.69, 9.17) is 4.74 Å². The number of hydrogen-bond acceptors (Lipinski definition) is 3. The molecule has 3 aromatic rings. The molecule has 1 N–H and O–H groups in total. The number of ether oxygens (including phenoxy) is 1. The summed E-state index contributed by atoms with van der Waals surface area (Å²) in [5, 5.41) is 8.32. The number of hydrogen-bond donors (Lipinski definition) is 1. The van der Waals surface area contributed by atoms with Gasteiger partial charge in [-0.3, -0.25) is 9.48 Å². The lowest BCUT2D eigenvalue weighted by Crippen LogP contribution is -2.13. The Hall–Kier alpha value is -2.60. The number of para-hydroxylation sites is 1. The Labute approximate surface area is 147 Å². The Bertz CT molecular complexity index is 859. The Balaban J connectivity index is 1.69. The number of nitrogens with one attached hydrogen (secondary N) is 1. The van der Waals surface area contributed by atoms with E-state index in [-0.39, 0.29) is 5.91 Å². The minimum absolute atomic E-state index is 0.0215. The van der Waals surface area contributed by atoms with Crippen LogP contribution in [-0.4, -0.2) is 34.0 Å². The van der Waals surface area contributed by atoms with Crippen molar-refractivity contribution in [3.63, 3.8) is 0 Å². The molecule has 0 saturated carbocycles. The summed E-state index contributed by atoms with van der Waals surface area (Å²) in [6, 6.07) is 10.1. The molecule has 2 heterocycles. The number of amides is 1. The van der Waals surface area contributed by atoms with Gasteiger partial charge in [0.05, 0.1) is 6.61 Å². The van der Waals surface area contributed by atoms with Crippen LogP contribution in [0.25, 0.3) is 10.9 Å². The number of benzene rings is 1. The molecule has 3 rings (SSSR count). The third-order valence-corrected chi connectivity index (χ3v) is 4.41. The van der Waals surface area contributed by atoms with Gasteiger partial charge in [-0.1, -0.05) is 18.2 Å². The van der Waals surface area contributed by atoms with Gasteiger partial charge in [0, 0.05) is 56.0 Å². The molecule has 2 aromatic heterocycles. The summed E-state index contributed by atoms with van der Waals surface area (Å²) in [7, 11) is 3.57. The Morgan fingerprint density at radius 2 is 2.12 bits per heavy atom. The molecule has 1 amide bonds. The van der Waals surface area contributed by atoms with Gasteiger partial charge in [-0.05, 0) is 25.0 Å². The standard InChI is InChI=1S/C19H24N4O2/c1-14-12-18(21-22(14)2)20-19(24)9-8-15-13-23(10-11-25-3)17-7-5-4-6-16(15)17/h4-7,12-13H,8-11H2,1-3H3,(H,20,21,24). The van der Waals surface area contributed by atoms with Gasteiger partial charge < -0.3 is 14.6 Å². The van der Waals surface area contributed by atoms with Crippen LogP contribution in [0.5, 0.6) is 0 Å². The van der Waals surface area contributed by atoms with Crippen molar-refractivity contribution in [2.45, 2.75) is 26.3 Å². The average molecular weight is 340 g/mol. The van der Waals surface area contributed by atoms with Gasteiger partial charge in [0.1, 0.15) is 0 Å². The quantitative estimate of drug-likeness (QED) is 0.719. The van der Waals surface area contributed by atoms with Crippen LogP contribution >= 0.6 is 0 Å². The van der Waals surface area contributed by atoms with E-state index in [1.807, 2.05) is 32.2 Å². The van der Waals surface area contributed by atoms with Crippen LogP contribution < -0.4 is 5.32 Å². The van der Waals surface area contributed by atoms with Crippen molar-refractivity contribution in [2.24, 2.45) is 7.05 Å². The predicted molar refractivity (Wildman–Crippen MR) is 98.7 cm³/mol.